The molecule has 4 rings (SSSR count). The van der Waals surface area contributed by atoms with E-state index in [-0.39, 0.29) is 28.1 Å². The van der Waals surface area contributed by atoms with Crippen molar-refractivity contribution >= 4 is 33.2 Å². The van der Waals surface area contributed by atoms with E-state index in [0.717, 1.165) is 35.6 Å². The predicted molar refractivity (Wildman–Crippen MR) is 121 cm³/mol. The number of hydrogen-bond donors (Lipinski definition) is 2. The van der Waals surface area contributed by atoms with Gasteiger partial charge in [-0.3, -0.25) is 4.79 Å². The van der Waals surface area contributed by atoms with E-state index in [2.05, 4.69) is 10.3 Å². The molecule has 0 saturated heterocycles. The van der Waals surface area contributed by atoms with Crippen LogP contribution in [-0.4, -0.2) is 43.3 Å². The van der Waals surface area contributed by atoms with Crippen LogP contribution < -0.4 is 11.1 Å². The van der Waals surface area contributed by atoms with E-state index in [1.165, 1.54) is 17.4 Å². The molecule has 10 heteroatoms. The number of primary amides is 1. The molecule has 32 heavy (non-hydrogen) atoms. The zero-order chi connectivity index (χ0) is 22.9. The fourth-order valence-corrected chi connectivity index (χ4v) is 7.20. The Hall–Kier alpha value is -2.46. The lowest BCUT2D eigenvalue weighted by Gasteiger charge is -2.26. The fraction of sp³-hybridized carbons (Fsp3) is 0.500. The van der Waals surface area contributed by atoms with Crippen molar-refractivity contribution in [3.63, 3.8) is 0 Å². The number of amides is 2. The van der Waals surface area contributed by atoms with Crippen molar-refractivity contribution in [2.75, 3.05) is 6.54 Å². The van der Waals surface area contributed by atoms with Crippen LogP contribution in [-0.2, 0) is 14.6 Å². The summed E-state index contributed by atoms with van der Waals surface area (Å²) in [5, 5.41) is 3.29. The Bertz CT molecular complexity index is 1120. The second kappa shape index (κ2) is 9.19. The second-order valence-corrected chi connectivity index (χ2v) is 11.5. The molecule has 2 fully saturated rings. The normalized spacial score (nSPS) is 21.2. The van der Waals surface area contributed by atoms with Crippen molar-refractivity contribution in [3.05, 3.63) is 35.0 Å². The Morgan fingerprint density at radius 1 is 1.19 bits per heavy atom. The highest BCUT2D eigenvalue weighted by atomic mass is 32.2. The number of carbonyl (C=O) groups is 2. The minimum atomic E-state index is -3.51. The number of aromatic nitrogens is 1. The number of nitrogens with zero attached hydrogens (tertiary/aromatic N) is 1. The summed E-state index contributed by atoms with van der Waals surface area (Å²) >= 11 is 1.49. The Labute approximate surface area is 191 Å². The largest absolute Gasteiger partial charge is 0.446 e. The van der Waals surface area contributed by atoms with E-state index in [9.17, 15) is 18.0 Å². The van der Waals surface area contributed by atoms with Crippen LogP contribution in [0.4, 0.5) is 4.79 Å². The molecule has 1 heterocycles. The van der Waals surface area contributed by atoms with Crippen molar-refractivity contribution in [2.45, 2.75) is 67.6 Å². The van der Waals surface area contributed by atoms with Crippen LogP contribution in [0.2, 0.25) is 0 Å². The van der Waals surface area contributed by atoms with Gasteiger partial charge in [-0.1, -0.05) is 6.07 Å². The first-order valence-electron chi connectivity index (χ1n) is 10.9. The number of benzene rings is 1. The van der Waals surface area contributed by atoms with Crippen LogP contribution in [0.1, 0.15) is 66.7 Å². The van der Waals surface area contributed by atoms with Crippen molar-refractivity contribution in [1.82, 2.24) is 10.3 Å². The summed E-state index contributed by atoms with van der Waals surface area (Å²) in [6.07, 6.45) is 5.23. The van der Waals surface area contributed by atoms with Crippen LogP contribution in [0.3, 0.4) is 0 Å². The zero-order valence-corrected chi connectivity index (χ0v) is 19.5. The van der Waals surface area contributed by atoms with Crippen molar-refractivity contribution in [3.8, 4) is 10.4 Å². The molecule has 0 radical (unpaired) electrons. The maximum absolute atomic E-state index is 13.2. The average Bonchev–Trinajstić information content (AvgIpc) is 3.52. The highest BCUT2D eigenvalue weighted by molar-refractivity contribution is 7.92. The van der Waals surface area contributed by atoms with Crippen molar-refractivity contribution < 1.29 is 22.7 Å². The molecule has 2 aliphatic rings. The molecule has 0 unspecified atom stereocenters. The third kappa shape index (κ3) is 4.80. The highest BCUT2D eigenvalue weighted by Gasteiger charge is 2.39. The quantitative estimate of drug-likeness (QED) is 0.627. The fourth-order valence-electron chi connectivity index (χ4n) is 4.12. The maximum atomic E-state index is 13.2. The van der Waals surface area contributed by atoms with Gasteiger partial charge in [0.25, 0.3) is 5.91 Å². The van der Waals surface area contributed by atoms with E-state index >= 15 is 0 Å². The molecule has 172 valence electrons. The first-order valence-corrected chi connectivity index (χ1v) is 13.2. The molecule has 0 atom stereocenters. The van der Waals surface area contributed by atoms with Crippen LogP contribution in [0, 0.1) is 0 Å². The van der Waals surface area contributed by atoms with Gasteiger partial charge in [0.15, 0.2) is 9.84 Å². The van der Waals surface area contributed by atoms with Crippen LogP contribution in [0.15, 0.2) is 29.3 Å². The summed E-state index contributed by atoms with van der Waals surface area (Å²) in [7, 11) is -3.51. The third-order valence-corrected chi connectivity index (χ3v) is 9.44. The number of rotatable bonds is 7. The first-order chi connectivity index (χ1) is 15.3. The van der Waals surface area contributed by atoms with E-state index in [4.69, 9.17) is 10.5 Å². The van der Waals surface area contributed by atoms with Gasteiger partial charge in [-0.25, -0.2) is 18.2 Å². The molecule has 2 amide bonds. The van der Waals surface area contributed by atoms with Gasteiger partial charge in [0, 0.05) is 29.8 Å². The number of carbonyl (C=O) groups excluding carboxylic acids is 2. The number of ether oxygens (including phenoxy) is 1. The molecule has 2 aromatic rings. The Morgan fingerprint density at radius 3 is 2.53 bits per heavy atom. The number of thiazole rings is 1. The minimum Gasteiger partial charge on any atom is -0.446 e. The van der Waals surface area contributed by atoms with Gasteiger partial charge in [-0.2, -0.15) is 0 Å². The third-order valence-electron chi connectivity index (χ3n) is 5.95. The molecule has 2 aliphatic carbocycles. The number of hydrogen-bond acceptors (Lipinski definition) is 7. The highest BCUT2D eigenvalue weighted by Crippen LogP contribution is 2.42. The molecule has 1 aromatic heterocycles. The van der Waals surface area contributed by atoms with Gasteiger partial charge in [0.2, 0.25) is 0 Å². The number of sulfone groups is 1. The lowest BCUT2D eigenvalue weighted by Crippen LogP contribution is -2.26. The monoisotopic (exact) mass is 477 g/mol. The van der Waals surface area contributed by atoms with Crippen LogP contribution in [0.5, 0.6) is 0 Å². The van der Waals surface area contributed by atoms with Crippen LogP contribution >= 0.6 is 11.3 Å². The molecule has 3 N–H and O–H groups in total. The Kier molecular flexibility index (Phi) is 6.52. The second-order valence-electron chi connectivity index (χ2n) is 8.29. The van der Waals surface area contributed by atoms with Gasteiger partial charge in [-0.05, 0) is 57.6 Å². The summed E-state index contributed by atoms with van der Waals surface area (Å²) in [6.45, 7) is 2.29. The molecule has 0 aliphatic heterocycles. The first kappa shape index (κ1) is 22.7. The van der Waals surface area contributed by atoms with Gasteiger partial charge in [0.1, 0.15) is 6.10 Å². The Balaban J connectivity index is 1.61. The van der Waals surface area contributed by atoms with Gasteiger partial charge in [-0.15, -0.1) is 11.3 Å². The van der Waals surface area contributed by atoms with Gasteiger partial charge < -0.3 is 15.8 Å². The maximum Gasteiger partial charge on any atom is 0.404 e. The van der Waals surface area contributed by atoms with Crippen molar-refractivity contribution in [2.24, 2.45) is 5.73 Å². The summed E-state index contributed by atoms with van der Waals surface area (Å²) < 4.78 is 31.4. The topological polar surface area (TPSA) is 128 Å². The molecule has 2 saturated carbocycles. The van der Waals surface area contributed by atoms with Crippen molar-refractivity contribution in [1.29, 1.82) is 0 Å². The predicted octanol–water partition coefficient (Wildman–Crippen LogP) is 3.62. The zero-order valence-electron chi connectivity index (χ0n) is 17.9. The SMILES string of the molecule is CCNC(=O)c1ccc(-c2cnc(C3CCC(OC(N)=O)CC3)s2)c(S(=O)(=O)C2CC2)c1. The van der Waals surface area contributed by atoms with Crippen LogP contribution in [0.25, 0.3) is 10.4 Å². The summed E-state index contributed by atoms with van der Waals surface area (Å²) in [5.74, 6) is -0.0502. The minimum absolute atomic E-state index is 0.153. The molecule has 1 aromatic carbocycles. The number of nitrogens with two attached hydrogens (primary N) is 1. The van der Waals surface area contributed by atoms with E-state index in [1.807, 2.05) is 6.92 Å². The summed E-state index contributed by atoms with van der Waals surface area (Å²) in [6, 6.07) is 4.88. The average molecular weight is 478 g/mol. The van der Waals surface area contributed by atoms with E-state index in [0.29, 0.717) is 30.5 Å². The van der Waals surface area contributed by atoms with Gasteiger partial charge >= 0.3 is 6.09 Å². The van der Waals surface area contributed by atoms with E-state index < -0.39 is 15.9 Å². The molecule has 8 nitrogen and oxygen atoms in total. The lowest BCUT2D eigenvalue weighted by molar-refractivity contribution is 0.0786. The molecule has 0 spiro atoms. The smallest absolute Gasteiger partial charge is 0.404 e. The lowest BCUT2D eigenvalue weighted by atomic mass is 9.88. The summed E-state index contributed by atoms with van der Waals surface area (Å²) in [4.78, 5) is 28.8. The molecule has 0 bridgehead atoms. The number of nitrogens with one attached hydrogen (secondary N) is 1. The van der Waals surface area contributed by atoms with Gasteiger partial charge in [0.05, 0.1) is 20.0 Å². The van der Waals surface area contributed by atoms with E-state index in [1.54, 1.807) is 18.3 Å². The Morgan fingerprint density at radius 2 is 1.91 bits per heavy atom. The molecular formula is C22H27N3O5S2. The summed E-state index contributed by atoms with van der Waals surface area (Å²) in [5.41, 5.74) is 6.05. The standard InChI is InChI=1S/C22H27N3O5S2/c1-2-24-20(26)14-5-10-17(19(11-14)32(28,29)16-8-9-16)18-12-25-21(31-18)13-3-6-15(7-4-13)30-22(23)27/h5,10-13,15-16H,2-4,6-9H2,1H3,(H2,23,27)(H,24,26). The molecular weight excluding hydrogens is 450 g/mol.